The molecule has 0 saturated heterocycles. The standard InChI is InChI=1S/C19H24N6O2.HI/c1-3-20-19(21-11-13-27-16-9-7-15(26-2)8-10-16)22-14-18-24-23-17-6-4-5-12-25(17)18;/h4-10,12H,3,11,13-14H2,1-2H3,(H2,20,21,22);1H. The number of halogens is 1. The molecule has 28 heavy (non-hydrogen) atoms. The average Bonchev–Trinajstić information content (AvgIpc) is 3.13. The van der Waals surface area contributed by atoms with E-state index >= 15 is 0 Å². The minimum atomic E-state index is 0. The number of benzene rings is 1. The first-order valence-electron chi connectivity index (χ1n) is 8.88. The number of rotatable bonds is 8. The van der Waals surface area contributed by atoms with E-state index in [2.05, 4.69) is 25.8 Å². The molecular weight excluding hydrogens is 471 g/mol. The number of hydrogen-bond donors (Lipinski definition) is 2. The zero-order valence-corrected chi connectivity index (χ0v) is 18.3. The van der Waals surface area contributed by atoms with Crippen LogP contribution < -0.4 is 20.1 Å². The zero-order valence-electron chi connectivity index (χ0n) is 16.0. The number of aliphatic imine (C=N–C) groups is 1. The van der Waals surface area contributed by atoms with Gasteiger partial charge in [-0.1, -0.05) is 6.07 Å². The summed E-state index contributed by atoms with van der Waals surface area (Å²) in [5.41, 5.74) is 0.813. The Balaban J connectivity index is 0.00000280. The quantitative estimate of drug-likeness (QED) is 0.216. The van der Waals surface area contributed by atoms with Crippen molar-refractivity contribution >= 4 is 35.6 Å². The first-order valence-corrected chi connectivity index (χ1v) is 8.88. The molecule has 0 aliphatic carbocycles. The maximum atomic E-state index is 5.71. The van der Waals surface area contributed by atoms with Gasteiger partial charge in [-0.2, -0.15) is 0 Å². The lowest BCUT2D eigenvalue weighted by Gasteiger charge is -2.12. The second-order valence-electron chi connectivity index (χ2n) is 5.69. The molecule has 0 amide bonds. The Bertz CT molecular complexity index is 882. The number of aromatic nitrogens is 3. The second kappa shape index (κ2) is 11.3. The summed E-state index contributed by atoms with van der Waals surface area (Å²) in [4.78, 5) is 4.57. The van der Waals surface area contributed by atoms with Crippen molar-refractivity contribution in [2.45, 2.75) is 13.5 Å². The lowest BCUT2D eigenvalue weighted by molar-refractivity contribution is 0.321. The van der Waals surface area contributed by atoms with Crippen LogP contribution in [0.3, 0.4) is 0 Å². The largest absolute Gasteiger partial charge is 0.497 e. The molecule has 1 aromatic carbocycles. The Morgan fingerprint density at radius 1 is 1.07 bits per heavy atom. The van der Waals surface area contributed by atoms with Crippen LogP contribution in [0, 0.1) is 0 Å². The fourth-order valence-corrected chi connectivity index (χ4v) is 2.50. The summed E-state index contributed by atoms with van der Waals surface area (Å²) in [5, 5.41) is 14.8. The highest BCUT2D eigenvalue weighted by atomic mass is 127. The number of nitrogens with zero attached hydrogens (tertiary/aromatic N) is 4. The SMILES string of the molecule is CCNC(=NCc1nnc2ccccn12)NCCOc1ccc(OC)cc1.I. The molecule has 0 atom stereocenters. The average molecular weight is 496 g/mol. The summed E-state index contributed by atoms with van der Waals surface area (Å²) in [6.07, 6.45) is 1.93. The Kier molecular flexibility index (Phi) is 8.79. The van der Waals surface area contributed by atoms with Crippen molar-refractivity contribution in [3.63, 3.8) is 0 Å². The first-order chi connectivity index (χ1) is 13.3. The molecule has 2 heterocycles. The van der Waals surface area contributed by atoms with E-state index in [1.165, 1.54) is 0 Å². The topological polar surface area (TPSA) is 85.1 Å². The number of pyridine rings is 1. The summed E-state index contributed by atoms with van der Waals surface area (Å²) in [6, 6.07) is 13.3. The highest BCUT2D eigenvalue weighted by Crippen LogP contribution is 2.16. The van der Waals surface area contributed by atoms with Crippen LogP contribution in [0.5, 0.6) is 11.5 Å². The number of ether oxygens (including phenoxy) is 2. The zero-order chi connectivity index (χ0) is 18.9. The van der Waals surface area contributed by atoms with Crippen LogP contribution in [-0.2, 0) is 6.54 Å². The third-order valence-corrected chi connectivity index (χ3v) is 3.83. The van der Waals surface area contributed by atoms with Gasteiger partial charge in [0.05, 0.1) is 13.7 Å². The van der Waals surface area contributed by atoms with Crippen molar-refractivity contribution in [3.8, 4) is 11.5 Å². The number of methoxy groups -OCH3 is 1. The Morgan fingerprint density at radius 3 is 2.61 bits per heavy atom. The van der Waals surface area contributed by atoms with E-state index in [0.29, 0.717) is 25.7 Å². The summed E-state index contributed by atoms with van der Waals surface area (Å²) in [5.74, 6) is 3.11. The lowest BCUT2D eigenvalue weighted by atomic mass is 10.3. The molecule has 0 aliphatic rings. The minimum absolute atomic E-state index is 0. The normalized spacial score (nSPS) is 11.0. The molecule has 3 aromatic rings. The van der Waals surface area contributed by atoms with Crippen molar-refractivity contribution in [1.82, 2.24) is 25.2 Å². The molecule has 0 unspecified atom stereocenters. The molecule has 0 aliphatic heterocycles. The molecule has 2 aromatic heterocycles. The molecule has 0 fully saturated rings. The third kappa shape index (κ3) is 5.98. The second-order valence-corrected chi connectivity index (χ2v) is 5.69. The van der Waals surface area contributed by atoms with Gasteiger partial charge in [0, 0.05) is 12.7 Å². The van der Waals surface area contributed by atoms with Crippen LogP contribution in [0.15, 0.2) is 53.7 Å². The van der Waals surface area contributed by atoms with Crippen LogP contribution in [0.1, 0.15) is 12.7 Å². The van der Waals surface area contributed by atoms with E-state index in [1.54, 1.807) is 7.11 Å². The Hall–Kier alpha value is -2.56. The van der Waals surface area contributed by atoms with Crippen molar-refractivity contribution < 1.29 is 9.47 Å². The highest BCUT2D eigenvalue weighted by molar-refractivity contribution is 14.0. The van der Waals surface area contributed by atoms with E-state index in [9.17, 15) is 0 Å². The van der Waals surface area contributed by atoms with E-state index in [0.717, 1.165) is 29.5 Å². The number of fused-ring (bicyclic) bond motifs is 1. The van der Waals surface area contributed by atoms with Gasteiger partial charge in [-0.25, -0.2) is 4.99 Å². The maximum absolute atomic E-state index is 5.71. The van der Waals surface area contributed by atoms with E-state index in [-0.39, 0.29) is 24.0 Å². The molecule has 3 rings (SSSR count). The van der Waals surface area contributed by atoms with E-state index in [1.807, 2.05) is 60.0 Å². The summed E-state index contributed by atoms with van der Waals surface area (Å²) < 4.78 is 12.8. The smallest absolute Gasteiger partial charge is 0.191 e. The molecule has 0 saturated carbocycles. The molecule has 0 spiro atoms. The monoisotopic (exact) mass is 496 g/mol. The Morgan fingerprint density at radius 2 is 1.86 bits per heavy atom. The van der Waals surface area contributed by atoms with Gasteiger partial charge in [0.2, 0.25) is 0 Å². The highest BCUT2D eigenvalue weighted by Gasteiger charge is 2.04. The molecule has 0 bridgehead atoms. The summed E-state index contributed by atoms with van der Waals surface area (Å²) in [6.45, 7) is 4.37. The van der Waals surface area contributed by atoms with Crippen LogP contribution in [0.4, 0.5) is 0 Å². The van der Waals surface area contributed by atoms with Gasteiger partial charge in [-0.05, 0) is 43.3 Å². The molecule has 2 N–H and O–H groups in total. The van der Waals surface area contributed by atoms with Crippen molar-refractivity contribution in [1.29, 1.82) is 0 Å². The van der Waals surface area contributed by atoms with Gasteiger partial charge in [-0.15, -0.1) is 34.2 Å². The van der Waals surface area contributed by atoms with E-state index in [4.69, 9.17) is 9.47 Å². The maximum Gasteiger partial charge on any atom is 0.191 e. The first kappa shape index (κ1) is 21.7. The van der Waals surface area contributed by atoms with Gasteiger partial charge in [0.25, 0.3) is 0 Å². The molecule has 150 valence electrons. The van der Waals surface area contributed by atoms with Crippen LogP contribution >= 0.6 is 24.0 Å². The predicted molar refractivity (Wildman–Crippen MR) is 120 cm³/mol. The molecule has 0 radical (unpaired) electrons. The molecule has 9 heteroatoms. The summed E-state index contributed by atoms with van der Waals surface area (Å²) >= 11 is 0. The van der Waals surface area contributed by atoms with Crippen molar-refractivity contribution in [2.24, 2.45) is 4.99 Å². The Labute approximate surface area is 181 Å². The summed E-state index contributed by atoms with van der Waals surface area (Å²) in [7, 11) is 1.64. The minimum Gasteiger partial charge on any atom is -0.497 e. The van der Waals surface area contributed by atoms with Crippen LogP contribution in [0.2, 0.25) is 0 Å². The van der Waals surface area contributed by atoms with Gasteiger partial charge >= 0.3 is 0 Å². The van der Waals surface area contributed by atoms with E-state index < -0.39 is 0 Å². The van der Waals surface area contributed by atoms with Crippen LogP contribution in [-0.4, -0.2) is 47.4 Å². The fourth-order valence-electron chi connectivity index (χ4n) is 2.50. The number of guanidine groups is 1. The number of hydrogen-bond acceptors (Lipinski definition) is 5. The molecule has 8 nitrogen and oxygen atoms in total. The lowest BCUT2D eigenvalue weighted by Crippen LogP contribution is -2.39. The fraction of sp³-hybridized carbons (Fsp3) is 0.316. The third-order valence-electron chi connectivity index (χ3n) is 3.83. The number of nitrogens with one attached hydrogen (secondary N) is 2. The van der Waals surface area contributed by atoms with Gasteiger partial charge < -0.3 is 20.1 Å². The predicted octanol–water partition coefficient (Wildman–Crippen LogP) is 2.49. The van der Waals surface area contributed by atoms with Gasteiger partial charge in [0.15, 0.2) is 17.4 Å². The van der Waals surface area contributed by atoms with Crippen molar-refractivity contribution in [2.75, 3.05) is 26.8 Å². The molecular formula is C19H25IN6O2. The van der Waals surface area contributed by atoms with Crippen molar-refractivity contribution in [3.05, 3.63) is 54.5 Å². The van der Waals surface area contributed by atoms with Gasteiger partial charge in [-0.3, -0.25) is 4.40 Å². The van der Waals surface area contributed by atoms with Gasteiger partial charge in [0.1, 0.15) is 24.7 Å². The van der Waals surface area contributed by atoms with Crippen LogP contribution in [0.25, 0.3) is 5.65 Å².